The first kappa shape index (κ1) is 12.7. The number of nitrogens with two attached hydrogens (primary N) is 1. The number of carbonyl (C=O) groups is 1. The molecule has 18 heavy (non-hydrogen) atoms. The molecule has 0 aliphatic heterocycles. The lowest BCUT2D eigenvalue weighted by atomic mass is 9.67. The summed E-state index contributed by atoms with van der Waals surface area (Å²) in [6.07, 6.45) is 4.82. The molecule has 2 rings (SSSR count). The zero-order valence-electron chi connectivity index (χ0n) is 10.7. The Morgan fingerprint density at radius 2 is 2.22 bits per heavy atom. The van der Waals surface area contributed by atoms with Gasteiger partial charge in [-0.1, -0.05) is 19.4 Å². The quantitative estimate of drug-likeness (QED) is 0.700. The topological polar surface area (TPSA) is 75.3 Å². The molecule has 1 aromatic carbocycles. The lowest BCUT2D eigenvalue weighted by Gasteiger charge is -2.41. The van der Waals surface area contributed by atoms with Crippen LogP contribution in [0.3, 0.4) is 0 Å². The van der Waals surface area contributed by atoms with Crippen molar-refractivity contribution < 1.29 is 9.90 Å². The number of carboxylic acid groups (broad SMARTS) is 1. The van der Waals surface area contributed by atoms with Gasteiger partial charge in [0, 0.05) is 6.54 Å². The molecule has 0 spiro atoms. The van der Waals surface area contributed by atoms with Crippen LogP contribution in [-0.2, 0) is 0 Å². The Balaban J connectivity index is 2.15. The van der Waals surface area contributed by atoms with E-state index in [4.69, 9.17) is 10.8 Å². The van der Waals surface area contributed by atoms with Crippen molar-refractivity contribution in [3.63, 3.8) is 0 Å². The molecule has 0 saturated heterocycles. The van der Waals surface area contributed by atoms with Crippen LogP contribution in [0.5, 0.6) is 0 Å². The van der Waals surface area contributed by atoms with E-state index in [1.807, 2.05) is 0 Å². The van der Waals surface area contributed by atoms with Gasteiger partial charge in [0.25, 0.3) is 0 Å². The van der Waals surface area contributed by atoms with Crippen LogP contribution >= 0.6 is 0 Å². The van der Waals surface area contributed by atoms with Crippen LogP contribution in [0, 0.1) is 5.41 Å². The number of benzene rings is 1. The van der Waals surface area contributed by atoms with E-state index in [0.29, 0.717) is 16.8 Å². The van der Waals surface area contributed by atoms with Gasteiger partial charge in [-0.25, -0.2) is 4.79 Å². The first-order chi connectivity index (χ1) is 8.58. The summed E-state index contributed by atoms with van der Waals surface area (Å²) in [5.41, 5.74) is 7.51. The molecule has 4 heteroatoms. The maximum absolute atomic E-state index is 11.2. The van der Waals surface area contributed by atoms with Crippen molar-refractivity contribution >= 4 is 17.3 Å². The van der Waals surface area contributed by atoms with E-state index in [-0.39, 0.29) is 5.56 Å². The molecule has 0 aromatic heterocycles. The molecule has 0 unspecified atom stereocenters. The summed E-state index contributed by atoms with van der Waals surface area (Å²) >= 11 is 0. The third-order valence-corrected chi connectivity index (χ3v) is 4.13. The highest BCUT2D eigenvalue weighted by molar-refractivity contribution is 5.97. The van der Waals surface area contributed by atoms with Crippen LogP contribution in [0.1, 0.15) is 43.0 Å². The smallest absolute Gasteiger partial charge is 0.337 e. The van der Waals surface area contributed by atoms with Gasteiger partial charge in [-0.3, -0.25) is 0 Å². The number of nitrogen functional groups attached to an aromatic ring is 1. The first-order valence-electron chi connectivity index (χ1n) is 6.44. The van der Waals surface area contributed by atoms with E-state index in [1.165, 1.54) is 19.3 Å². The second kappa shape index (κ2) is 4.88. The Morgan fingerprint density at radius 3 is 2.72 bits per heavy atom. The van der Waals surface area contributed by atoms with Gasteiger partial charge in [0.2, 0.25) is 0 Å². The molecular formula is C14H20N2O2. The maximum Gasteiger partial charge on any atom is 0.337 e. The zero-order valence-corrected chi connectivity index (χ0v) is 10.7. The number of hydrogen-bond donors (Lipinski definition) is 3. The molecule has 0 atom stereocenters. The Labute approximate surface area is 107 Å². The van der Waals surface area contributed by atoms with Crippen molar-refractivity contribution in [1.82, 2.24) is 0 Å². The van der Waals surface area contributed by atoms with Crippen LogP contribution < -0.4 is 11.1 Å². The standard InChI is InChI=1S/C14H20N2O2/c1-2-14(7-4-8-14)9-16-12-10(13(17)18)5-3-6-11(12)15/h3,5-6,16H,2,4,7-9,15H2,1H3,(H,17,18). The number of anilines is 2. The molecule has 1 aliphatic carbocycles. The number of carboxylic acids is 1. The molecule has 1 aromatic rings. The minimum atomic E-state index is -0.941. The fourth-order valence-electron chi connectivity index (χ4n) is 2.55. The molecule has 4 nitrogen and oxygen atoms in total. The Bertz CT molecular complexity index is 448. The average molecular weight is 248 g/mol. The molecule has 0 radical (unpaired) electrons. The second-order valence-corrected chi connectivity index (χ2v) is 5.14. The highest BCUT2D eigenvalue weighted by Gasteiger charge is 2.35. The van der Waals surface area contributed by atoms with Crippen LogP contribution in [0.2, 0.25) is 0 Å². The van der Waals surface area contributed by atoms with Gasteiger partial charge in [0.15, 0.2) is 0 Å². The summed E-state index contributed by atoms with van der Waals surface area (Å²) in [7, 11) is 0. The normalized spacial score (nSPS) is 16.9. The first-order valence-corrected chi connectivity index (χ1v) is 6.44. The molecule has 1 saturated carbocycles. The molecule has 0 heterocycles. The lowest BCUT2D eigenvalue weighted by Crippen LogP contribution is -2.36. The largest absolute Gasteiger partial charge is 0.478 e. The average Bonchev–Trinajstić information content (AvgIpc) is 2.29. The summed E-state index contributed by atoms with van der Waals surface area (Å²) in [5, 5.41) is 12.4. The Hall–Kier alpha value is -1.71. The third-order valence-electron chi connectivity index (χ3n) is 4.13. The monoisotopic (exact) mass is 248 g/mol. The summed E-state index contributed by atoms with van der Waals surface area (Å²) in [5.74, 6) is -0.941. The predicted octanol–water partition coefficient (Wildman–Crippen LogP) is 2.96. The summed E-state index contributed by atoms with van der Waals surface area (Å²) in [4.78, 5) is 11.2. The lowest BCUT2D eigenvalue weighted by molar-refractivity contribution is 0.0697. The van der Waals surface area contributed by atoms with Crippen LogP contribution in [0.4, 0.5) is 11.4 Å². The number of nitrogens with one attached hydrogen (secondary N) is 1. The van der Waals surface area contributed by atoms with E-state index in [0.717, 1.165) is 13.0 Å². The molecular weight excluding hydrogens is 228 g/mol. The van der Waals surface area contributed by atoms with Crippen molar-refractivity contribution in [2.75, 3.05) is 17.6 Å². The van der Waals surface area contributed by atoms with E-state index < -0.39 is 5.97 Å². The number of para-hydroxylation sites is 1. The molecule has 1 aliphatic rings. The van der Waals surface area contributed by atoms with E-state index in [2.05, 4.69) is 12.2 Å². The minimum absolute atomic E-state index is 0.251. The van der Waals surface area contributed by atoms with Crippen LogP contribution in [0.15, 0.2) is 18.2 Å². The van der Waals surface area contributed by atoms with Crippen molar-refractivity contribution in [3.05, 3.63) is 23.8 Å². The van der Waals surface area contributed by atoms with Gasteiger partial charge >= 0.3 is 5.97 Å². The second-order valence-electron chi connectivity index (χ2n) is 5.14. The highest BCUT2D eigenvalue weighted by Crippen LogP contribution is 2.44. The van der Waals surface area contributed by atoms with Crippen molar-refractivity contribution in [1.29, 1.82) is 0 Å². The number of aromatic carboxylic acids is 1. The van der Waals surface area contributed by atoms with Gasteiger partial charge in [-0.05, 0) is 36.8 Å². The fourth-order valence-corrected chi connectivity index (χ4v) is 2.55. The van der Waals surface area contributed by atoms with Crippen molar-refractivity contribution in [3.8, 4) is 0 Å². The van der Waals surface area contributed by atoms with Gasteiger partial charge in [-0.15, -0.1) is 0 Å². The van der Waals surface area contributed by atoms with Crippen LogP contribution in [0.25, 0.3) is 0 Å². The molecule has 1 fully saturated rings. The van der Waals surface area contributed by atoms with Crippen molar-refractivity contribution in [2.45, 2.75) is 32.6 Å². The summed E-state index contributed by atoms with van der Waals surface area (Å²) in [6, 6.07) is 4.98. The molecule has 0 amide bonds. The van der Waals surface area contributed by atoms with Gasteiger partial charge in [0.05, 0.1) is 16.9 Å². The SMILES string of the molecule is CCC1(CNc2c(N)cccc2C(=O)O)CCC1. The zero-order chi connectivity index (χ0) is 13.2. The third kappa shape index (κ3) is 2.28. The van der Waals surface area contributed by atoms with Gasteiger partial charge in [0.1, 0.15) is 0 Å². The predicted molar refractivity (Wildman–Crippen MR) is 72.9 cm³/mol. The minimum Gasteiger partial charge on any atom is -0.478 e. The molecule has 0 bridgehead atoms. The maximum atomic E-state index is 11.2. The van der Waals surface area contributed by atoms with Gasteiger partial charge < -0.3 is 16.2 Å². The summed E-state index contributed by atoms with van der Waals surface area (Å²) in [6.45, 7) is 2.99. The van der Waals surface area contributed by atoms with Crippen molar-refractivity contribution in [2.24, 2.45) is 5.41 Å². The number of rotatable bonds is 5. The van der Waals surface area contributed by atoms with Crippen LogP contribution in [-0.4, -0.2) is 17.6 Å². The van der Waals surface area contributed by atoms with E-state index in [9.17, 15) is 4.79 Å². The van der Waals surface area contributed by atoms with Gasteiger partial charge in [-0.2, -0.15) is 0 Å². The highest BCUT2D eigenvalue weighted by atomic mass is 16.4. The molecule has 4 N–H and O–H groups in total. The fraction of sp³-hybridized carbons (Fsp3) is 0.500. The Morgan fingerprint density at radius 1 is 1.50 bits per heavy atom. The summed E-state index contributed by atoms with van der Waals surface area (Å²) < 4.78 is 0. The van der Waals surface area contributed by atoms with E-state index in [1.54, 1.807) is 18.2 Å². The molecule has 98 valence electrons. The Kier molecular flexibility index (Phi) is 3.45. The van der Waals surface area contributed by atoms with E-state index >= 15 is 0 Å². The number of hydrogen-bond acceptors (Lipinski definition) is 3.